The average molecular weight is 518 g/mol. The van der Waals surface area contributed by atoms with Gasteiger partial charge in [0.15, 0.2) is 0 Å². The van der Waals surface area contributed by atoms with E-state index in [0.717, 1.165) is 13.2 Å². The molecule has 0 aliphatic rings. The van der Waals surface area contributed by atoms with E-state index in [9.17, 15) is 37.7 Å². The topological polar surface area (TPSA) is 128 Å². The number of hydrogen-bond acceptors (Lipinski definition) is 6. The van der Waals surface area contributed by atoms with E-state index in [4.69, 9.17) is 0 Å². The second-order valence-electron chi connectivity index (χ2n) is 10.1. The molecule has 1 aromatic carbocycles. The molecule has 0 aliphatic carbocycles. The Bertz CT molecular complexity index is 944. The van der Waals surface area contributed by atoms with Crippen LogP contribution < -0.4 is 10.6 Å². The van der Waals surface area contributed by atoms with Crippen LogP contribution in [-0.4, -0.2) is 48.4 Å². The number of esters is 1. The SMILES string of the molecule is COC(=O)[C@@H](Cc1ccccc1C(F)(F)F)NC(=O)[C@@H](NC(=O)[C@H](CC(C)C)C[N+](=O)[O-])C(C)(C)C. The highest BCUT2D eigenvalue weighted by Gasteiger charge is 2.39. The first-order valence-electron chi connectivity index (χ1n) is 11.4. The van der Waals surface area contributed by atoms with Crippen LogP contribution in [-0.2, 0) is 31.7 Å². The molecule has 1 rings (SSSR count). The van der Waals surface area contributed by atoms with E-state index in [1.165, 1.54) is 18.2 Å². The molecular weight excluding hydrogens is 483 g/mol. The fourth-order valence-electron chi connectivity index (χ4n) is 3.73. The Morgan fingerprint density at radius 2 is 1.64 bits per heavy atom. The number of halogens is 3. The largest absolute Gasteiger partial charge is 0.467 e. The molecule has 12 heteroatoms. The van der Waals surface area contributed by atoms with Crippen molar-refractivity contribution in [3.05, 3.63) is 45.5 Å². The number of nitrogens with one attached hydrogen (secondary N) is 2. The van der Waals surface area contributed by atoms with Gasteiger partial charge in [0, 0.05) is 11.3 Å². The summed E-state index contributed by atoms with van der Waals surface area (Å²) in [5.41, 5.74) is -2.08. The Kier molecular flexibility index (Phi) is 10.9. The zero-order chi connectivity index (χ0) is 27.8. The van der Waals surface area contributed by atoms with E-state index in [-0.39, 0.29) is 17.9 Å². The molecule has 0 aromatic heterocycles. The van der Waals surface area contributed by atoms with Gasteiger partial charge in [-0.1, -0.05) is 52.8 Å². The minimum Gasteiger partial charge on any atom is -0.467 e. The molecule has 0 saturated carbocycles. The predicted octanol–water partition coefficient (Wildman–Crippen LogP) is 3.38. The number of nitrogens with zero attached hydrogens (tertiary/aromatic N) is 1. The van der Waals surface area contributed by atoms with Crippen molar-refractivity contribution in [1.29, 1.82) is 0 Å². The maximum Gasteiger partial charge on any atom is 0.416 e. The smallest absolute Gasteiger partial charge is 0.416 e. The van der Waals surface area contributed by atoms with E-state index in [1.807, 2.05) is 0 Å². The summed E-state index contributed by atoms with van der Waals surface area (Å²) < 4.78 is 45.0. The molecule has 0 spiro atoms. The summed E-state index contributed by atoms with van der Waals surface area (Å²) in [5.74, 6) is -3.52. The van der Waals surface area contributed by atoms with Gasteiger partial charge in [-0.05, 0) is 29.4 Å². The first kappa shape index (κ1) is 30.9. The summed E-state index contributed by atoms with van der Waals surface area (Å²) in [6, 6.07) is 1.94. The Morgan fingerprint density at radius 1 is 1.06 bits per heavy atom. The van der Waals surface area contributed by atoms with Crippen LogP contribution in [0.5, 0.6) is 0 Å². The maximum absolute atomic E-state index is 13.4. The zero-order valence-corrected chi connectivity index (χ0v) is 21.3. The lowest BCUT2D eigenvalue weighted by atomic mass is 9.85. The van der Waals surface area contributed by atoms with E-state index in [0.29, 0.717) is 0 Å². The third kappa shape index (κ3) is 9.46. The van der Waals surface area contributed by atoms with Gasteiger partial charge in [0.1, 0.15) is 18.0 Å². The number of benzene rings is 1. The van der Waals surface area contributed by atoms with Crippen molar-refractivity contribution in [2.75, 3.05) is 13.7 Å². The fourth-order valence-corrected chi connectivity index (χ4v) is 3.73. The number of nitro groups is 1. The standard InChI is InChI=1S/C24H34F3N3O6/c1-14(2)11-16(13-30(34)35)20(31)29-19(23(3,4)5)21(32)28-18(22(33)36-6)12-15-9-7-8-10-17(15)24(25,26)27/h7-10,14,16,18-19H,11-13H2,1-6H3,(H,28,32)(H,29,31)/t16-,18-,19-/m1/s1. The van der Waals surface area contributed by atoms with Crippen LogP contribution in [0.15, 0.2) is 24.3 Å². The minimum atomic E-state index is -4.67. The third-order valence-electron chi connectivity index (χ3n) is 5.46. The van der Waals surface area contributed by atoms with Crippen LogP contribution in [0, 0.1) is 27.4 Å². The van der Waals surface area contributed by atoms with E-state index >= 15 is 0 Å². The number of methoxy groups -OCH3 is 1. The van der Waals surface area contributed by atoms with Crippen LogP contribution in [0.4, 0.5) is 13.2 Å². The number of hydrogen-bond donors (Lipinski definition) is 2. The van der Waals surface area contributed by atoms with Gasteiger partial charge in [-0.25, -0.2) is 4.79 Å². The summed E-state index contributed by atoms with van der Waals surface area (Å²) in [4.78, 5) is 48.9. The van der Waals surface area contributed by atoms with Crippen LogP contribution in [0.1, 0.15) is 52.2 Å². The first-order chi connectivity index (χ1) is 16.5. The molecule has 0 bridgehead atoms. The third-order valence-corrected chi connectivity index (χ3v) is 5.46. The van der Waals surface area contributed by atoms with Gasteiger partial charge in [0.25, 0.3) is 0 Å². The second-order valence-corrected chi connectivity index (χ2v) is 10.1. The second kappa shape index (κ2) is 12.7. The number of ether oxygens (including phenoxy) is 1. The summed E-state index contributed by atoms with van der Waals surface area (Å²) in [6.45, 7) is 7.88. The summed E-state index contributed by atoms with van der Waals surface area (Å²) in [5, 5.41) is 16.0. The molecule has 0 radical (unpaired) electrons. The molecule has 9 nitrogen and oxygen atoms in total. The number of carbonyl (C=O) groups is 3. The molecule has 3 atom stereocenters. The van der Waals surface area contributed by atoms with Gasteiger partial charge >= 0.3 is 12.1 Å². The molecule has 2 N–H and O–H groups in total. The quantitative estimate of drug-likeness (QED) is 0.263. The highest BCUT2D eigenvalue weighted by Crippen LogP contribution is 2.32. The number of alkyl halides is 3. The van der Waals surface area contributed by atoms with Crippen molar-refractivity contribution in [2.45, 2.75) is 65.7 Å². The lowest BCUT2D eigenvalue weighted by Crippen LogP contribution is -2.58. The number of amides is 2. The monoisotopic (exact) mass is 517 g/mol. The van der Waals surface area contributed by atoms with Crippen molar-refractivity contribution < 1.29 is 37.2 Å². The summed E-state index contributed by atoms with van der Waals surface area (Å²) in [7, 11) is 1.04. The van der Waals surface area contributed by atoms with Crippen molar-refractivity contribution in [2.24, 2.45) is 17.3 Å². The summed E-state index contributed by atoms with van der Waals surface area (Å²) in [6.07, 6.45) is -4.97. The summed E-state index contributed by atoms with van der Waals surface area (Å²) >= 11 is 0. The predicted molar refractivity (Wildman–Crippen MR) is 125 cm³/mol. The van der Waals surface area contributed by atoms with Crippen molar-refractivity contribution in [1.82, 2.24) is 10.6 Å². The van der Waals surface area contributed by atoms with Crippen molar-refractivity contribution in [3.63, 3.8) is 0 Å². The van der Waals surface area contributed by atoms with E-state index in [1.54, 1.807) is 34.6 Å². The number of carbonyl (C=O) groups excluding carboxylic acids is 3. The molecule has 202 valence electrons. The molecule has 0 unspecified atom stereocenters. The molecule has 2 amide bonds. The van der Waals surface area contributed by atoms with Gasteiger partial charge in [0.2, 0.25) is 18.4 Å². The lowest BCUT2D eigenvalue weighted by Gasteiger charge is -2.32. The van der Waals surface area contributed by atoms with Crippen LogP contribution in [0.2, 0.25) is 0 Å². The van der Waals surface area contributed by atoms with Gasteiger partial charge in [0.05, 0.1) is 12.7 Å². The van der Waals surface area contributed by atoms with Crippen molar-refractivity contribution >= 4 is 17.8 Å². The number of rotatable bonds is 11. The average Bonchev–Trinajstić information content (AvgIpc) is 2.73. The fraction of sp³-hybridized carbons (Fsp3) is 0.625. The lowest BCUT2D eigenvalue weighted by molar-refractivity contribution is -0.486. The normalized spacial score (nSPS) is 14.5. The van der Waals surface area contributed by atoms with Crippen LogP contribution >= 0.6 is 0 Å². The molecule has 36 heavy (non-hydrogen) atoms. The van der Waals surface area contributed by atoms with E-state index < -0.39 is 70.8 Å². The Morgan fingerprint density at radius 3 is 2.11 bits per heavy atom. The Labute approximate surface area is 208 Å². The van der Waals surface area contributed by atoms with Crippen molar-refractivity contribution in [3.8, 4) is 0 Å². The minimum absolute atomic E-state index is 0.0278. The van der Waals surface area contributed by atoms with Crippen LogP contribution in [0.25, 0.3) is 0 Å². The zero-order valence-electron chi connectivity index (χ0n) is 21.3. The highest BCUT2D eigenvalue weighted by molar-refractivity contribution is 5.92. The molecule has 0 heterocycles. The highest BCUT2D eigenvalue weighted by atomic mass is 19.4. The van der Waals surface area contributed by atoms with Crippen LogP contribution in [0.3, 0.4) is 0 Å². The van der Waals surface area contributed by atoms with E-state index in [2.05, 4.69) is 15.4 Å². The molecule has 0 saturated heterocycles. The Balaban J connectivity index is 3.22. The molecule has 0 aliphatic heterocycles. The Hall–Kier alpha value is -3.18. The first-order valence-corrected chi connectivity index (χ1v) is 11.4. The molecular formula is C24H34F3N3O6. The van der Waals surface area contributed by atoms with Gasteiger partial charge in [-0.3, -0.25) is 19.7 Å². The molecule has 1 aromatic rings. The van der Waals surface area contributed by atoms with Gasteiger partial charge < -0.3 is 15.4 Å². The maximum atomic E-state index is 13.4. The van der Waals surface area contributed by atoms with Gasteiger partial charge in [-0.2, -0.15) is 13.2 Å². The van der Waals surface area contributed by atoms with Gasteiger partial charge in [-0.15, -0.1) is 0 Å². The molecule has 0 fully saturated rings.